The lowest BCUT2D eigenvalue weighted by Gasteiger charge is -2.25. The number of nitrogens with one attached hydrogen (secondary N) is 1. The Morgan fingerprint density at radius 1 is 1.22 bits per heavy atom. The Balaban J connectivity index is 2.30. The van der Waals surface area contributed by atoms with Gasteiger partial charge in [0.25, 0.3) is 0 Å². The largest absolute Gasteiger partial charge is 0.396 e. The first-order valence-corrected chi connectivity index (χ1v) is 7.28. The molecule has 2 N–H and O–H groups in total. The maximum atomic E-state index is 12.2. The molecular weight excluding hydrogens is 228 g/mol. The lowest BCUT2D eigenvalue weighted by molar-refractivity contribution is -0.133. The Hall–Kier alpha value is -0.610. The van der Waals surface area contributed by atoms with Gasteiger partial charge in [0.15, 0.2) is 0 Å². The summed E-state index contributed by atoms with van der Waals surface area (Å²) < 4.78 is 0. The van der Waals surface area contributed by atoms with Crippen LogP contribution in [0.25, 0.3) is 0 Å². The smallest absolute Gasteiger partial charge is 0.239 e. The second-order valence-corrected chi connectivity index (χ2v) is 5.49. The molecule has 4 heteroatoms. The molecular formula is C14H28N2O2. The normalized spacial score (nSPS) is 20.3. The van der Waals surface area contributed by atoms with Crippen molar-refractivity contribution in [1.82, 2.24) is 10.2 Å². The Kier molecular flexibility index (Phi) is 7.28. The molecule has 1 fully saturated rings. The number of aliphatic hydroxyl groups excluding tert-OH is 1. The number of hydrogen-bond acceptors (Lipinski definition) is 3. The predicted molar refractivity (Wildman–Crippen MR) is 73.4 cm³/mol. The summed E-state index contributed by atoms with van der Waals surface area (Å²) in [7, 11) is 0. The summed E-state index contributed by atoms with van der Waals surface area (Å²) in [4.78, 5) is 14.2. The fourth-order valence-corrected chi connectivity index (χ4v) is 2.35. The molecule has 1 amide bonds. The van der Waals surface area contributed by atoms with Crippen molar-refractivity contribution in [2.75, 3.05) is 26.2 Å². The third-order valence-corrected chi connectivity index (χ3v) is 3.68. The minimum atomic E-state index is -0.107. The van der Waals surface area contributed by atoms with Crippen LogP contribution in [0, 0.1) is 5.92 Å². The van der Waals surface area contributed by atoms with Gasteiger partial charge >= 0.3 is 0 Å². The summed E-state index contributed by atoms with van der Waals surface area (Å²) >= 11 is 0. The van der Waals surface area contributed by atoms with E-state index in [1.807, 2.05) is 11.8 Å². The van der Waals surface area contributed by atoms with Crippen molar-refractivity contribution < 1.29 is 9.90 Å². The molecule has 106 valence electrons. The van der Waals surface area contributed by atoms with E-state index in [2.05, 4.69) is 12.2 Å². The van der Waals surface area contributed by atoms with Crippen LogP contribution in [-0.4, -0.2) is 48.2 Å². The lowest BCUT2D eigenvalue weighted by atomic mass is 10.1. The minimum absolute atomic E-state index is 0.107. The molecule has 1 saturated heterocycles. The van der Waals surface area contributed by atoms with Crippen molar-refractivity contribution >= 4 is 5.91 Å². The Bertz CT molecular complexity index is 238. The highest BCUT2D eigenvalue weighted by Crippen LogP contribution is 2.11. The molecule has 0 aromatic heterocycles. The van der Waals surface area contributed by atoms with Gasteiger partial charge in [-0.25, -0.2) is 0 Å². The van der Waals surface area contributed by atoms with E-state index in [4.69, 9.17) is 5.11 Å². The zero-order valence-electron chi connectivity index (χ0n) is 11.8. The summed E-state index contributed by atoms with van der Waals surface area (Å²) in [5.74, 6) is 0.641. The van der Waals surface area contributed by atoms with Crippen molar-refractivity contribution in [2.45, 2.75) is 52.0 Å². The van der Waals surface area contributed by atoms with Crippen molar-refractivity contribution in [3.8, 4) is 0 Å². The van der Waals surface area contributed by atoms with E-state index in [1.54, 1.807) is 0 Å². The van der Waals surface area contributed by atoms with Crippen LogP contribution in [0.2, 0.25) is 0 Å². The molecule has 1 rings (SSSR count). The molecule has 0 saturated carbocycles. The van der Waals surface area contributed by atoms with Gasteiger partial charge in [-0.1, -0.05) is 19.8 Å². The molecule has 18 heavy (non-hydrogen) atoms. The molecule has 0 radical (unpaired) electrons. The van der Waals surface area contributed by atoms with Crippen molar-refractivity contribution in [1.29, 1.82) is 0 Å². The minimum Gasteiger partial charge on any atom is -0.396 e. The van der Waals surface area contributed by atoms with Crippen LogP contribution in [0.1, 0.15) is 46.0 Å². The molecule has 2 unspecified atom stereocenters. The molecule has 1 aliphatic rings. The summed E-state index contributed by atoms with van der Waals surface area (Å²) in [5, 5.41) is 12.1. The number of likely N-dealkylation sites (tertiary alicyclic amines) is 1. The van der Waals surface area contributed by atoms with Crippen molar-refractivity contribution in [3.63, 3.8) is 0 Å². The van der Waals surface area contributed by atoms with Crippen molar-refractivity contribution in [3.05, 3.63) is 0 Å². The van der Waals surface area contributed by atoms with Gasteiger partial charge in [0, 0.05) is 19.7 Å². The van der Waals surface area contributed by atoms with Gasteiger partial charge in [-0.05, 0) is 38.6 Å². The molecule has 0 aromatic rings. The quantitative estimate of drug-likeness (QED) is 0.755. The summed E-state index contributed by atoms with van der Waals surface area (Å²) in [6.07, 6.45) is 5.56. The topological polar surface area (TPSA) is 52.6 Å². The van der Waals surface area contributed by atoms with Gasteiger partial charge in [0.05, 0.1) is 6.04 Å². The van der Waals surface area contributed by atoms with Crippen LogP contribution in [0.5, 0.6) is 0 Å². The summed E-state index contributed by atoms with van der Waals surface area (Å²) in [5.41, 5.74) is 0. The second-order valence-electron chi connectivity index (χ2n) is 5.49. The maximum absolute atomic E-state index is 12.2. The van der Waals surface area contributed by atoms with Crippen LogP contribution in [0.15, 0.2) is 0 Å². The highest BCUT2D eigenvalue weighted by atomic mass is 16.3. The average molecular weight is 256 g/mol. The molecule has 2 atom stereocenters. The van der Waals surface area contributed by atoms with Crippen LogP contribution in [0.4, 0.5) is 0 Å². The number of aliphatic hydroxyl groups is 1. The van der Waals surface area contributed by atoms with Crippen LogP contribution in [0.3, 0.4) is 0 Å². The highest BCUT2D eigenvalue weighted by molar-refractivity contribution is 5.81. The molecule has 0 bridgehead atoms. The average Bonchev–Trinajstić information content (AvgIpc) is 2.64. The van der Waals surface area contributed by atoms with Crippen LogP contribution < -0.4 is 5.32 Å². The number of amides is 1. The summed E-state index contributed by atoms with van der Waals surface area (Å²) in [6.45, 7) is 6.87. The molecule has 0 aromatic carbocycles. The lowest BCUT2D eigenvalue weighted by Crippen LogP contribution is -2.46. The zero-order valence-corrected chi connectivity index (χ0v) is 11.8. The maximum Gasteiger partial charge on any atom is 0.239 e. The van der Waals surface area contributed by atoms with Gasteiger partial charge < -0.3 is 15.3 Å². The monoisotopic (exact) mass is 256 g/mol. The van der Waals surface area contributed by atoms with E-state index >= 15 is 0 Å². The zero-order chi connectivity index (χ0) is 13.4. The fourth-order valence-electron chi connectivity index (χ4n) is 2.35. The third kappa shape index (κ3) is 5.36. The first kappa shape index (κ1) is 15.4. The predicted octanol–water partition coefficient (Wildman–Crippen LogP) is 1.39. The fraction of sp³-hybridized carbons (Fsp3) is 0.929. The Labute approximate surface area is 111 Å². The molecule has 1 heterocycles. The van der Waals surface area contributed by atoms with Gasteiger partial charge in [-0.3, -0.25) is 4.79 Å². The Morgan fingerprint density at radius 2 is 1.83 bits per heavy atom. The number of hydrogen-bond donors (Lipinski definition) is 2. The first-order chi connectivity index (χ1) is 8.65. The number of carbonyl (C=O) groups is 1. The van der Waals surface area contributed by atoms with Gasteiger partial charge in [0.1, 0.15) is 0 Å². The van der Waals surface area contributed by atoms with E-state index in [0.29, 0.717) is 5.92 Å². The van der Waals surface area contributed by atoms with E-state index < -0.39 is 0 Å². The van der Waals surface area contributed by atoms with Crippen LogP contribution in [-0.2, 0) is 4.79 Å². The SMILES string of the molecule is CC(CCO)CNC(C)C(=O)N1CCCCCC1. The van der Waals surface area contributed by atoms with E-state index in [1.165, 1.54) is 12.8 Å². The summed E-state index contributed by atoms with van der Waals surface area (Å²) in [6, 6.07) is -0.107. The second kappa shape index (κ2) is 8.48. The third-order valence-electron chi connectivity index (χ3n) is 3.68. The van der Waals surface area contributed by atoms with E-state index in [9.17, 15) is 4.79 Å². The first-order valence-electron chi connectivity index (χ1n) is 7.28. The van der Waals surface area contributed by atoms with E-state index in [0.717, 1.165) is 38.9 Å². The number of nitrogens with zero attached hydrogens (tertiary/aromatic N) is 1. The Morgan fingerprint density at radius 3 is 2.39 bits per heavy atom. The van der Waals surface area contributed by atoms with Gasteiger partial charge in [0.2, 0.25) is 5.91 Å². The number of rotatable bonds is 6. The highest BCUT2D eigenvalue weighted by Gasteiger charge is 2.21. The molecule has 1 aliphatic heterocycles. The van der Waals surface area contributed by atoms with Crippen molar-refractivity contribution in [2.24, 2.45) is 5.92 Å². The van der Waals surface area contributed by atoms with Gasteiger partial charge in [-0.15, -0.1) is 0 Å². The van der Waals surface area contributed by atoms with Gasteiger partial charge in [-0.2, -0.15) is 0 Å². The standard InChI is InChI=1S/C14H28N2O2/c1-12(7-10-17)11-15-13(2)14(18)16-8-5-3-4-6-9-16/h12-13,15,17H,3-11H2,1-2H3. The molecule has 0 aliphatic carbocycles. The molecule has 0 spiro atoms. The van der Waals surface area contributed by atoms with E-state index in [-0.39, 0.29) is 18.6 Å². The molecule has 4 nitrogen and oxygen atoms in total. The number of carbonyl (C=O) groups excluding carboxylic acids is 1. The van der Waals surface area contributed by atoms with Crippen LogP contribution >= 0.6 is 0 Å².